The lowest BCUT2D eigenvalue weighted by Gasteiger charge is -2.34. The molecule has 0 unspecified atom stereocenters. The Morgan fingerprint density at radius 3 is 2.38 bits per heavy atom. The number of carbonyl (C=O) groups excluding carboxylic acids is 1. The van der Waals surface area contributed by atoms with E-state index in [-0.39, 0.29) is 11.5 Å². The molecule has 21 heavy (non-hydrogen) atoms. The van der Waals surface area contributed by atoms with Crippen LogP contribution in [0.2, 0.25) is 0 Å². The summed E-state index contributed by atoms with van der Waals surface area (Å²) in [7, 11) is 0. The van der Waals surface area contributed by atoms with E-state index in [0.29, 0.717) is 12.2 Å². The van der Waals surface area contributed by atoms with Gasteiger partial charge in [-0.25, -0.2) is 4.68 Å². The first-order chi connectivity index (χ1) is 10.2. The molecule has 0 aromatic carbocycles. The second kappa shape index (κ2) is 7.36. The molecule has 2 rings (SSSR count). The average Bonchev–Trinajstić information content (AvgIpc) is 2.50. The van der Waals surface area contributed by atoms with Crippen molar-refractivity contribution in [1.82, 2.24) is 19.6 Å². The molecule has 1 saturated heterocycles. The maximum Gasteiger partial charge on any atom is 0.274 e. The van der Waals surface area contributed by atoms with Gasteiger partial charge >= 0.3 is 0 Å². The fourth-order valence-corrected chi connectivity index (χ4v) is 2.59. The van der Waals surface area contributed by atoms with Gasteiger partial charge in [-0.1, -0.05) is 13.8 Å². The third-order valence-corrected chi connectivity index (χ3v) is 3.72. The molecule has 1 aromatic rings. The van der Waals surface area contributed by atoms with E-state index in [4.69, 9.17) is 0 Å². The molecule has 6 heteroatoms. The largest absolute Gasteiger partial charge is 0.335 e. The number of amides is 1. The molecule has 6 nitrogen and oxygen atoms in total. The van der Waals surface area contributed by atoms with E-state index >= 15 is 0 Å². The van der Waals surface area contributed by atoms with Crippen LogP contribution in [0.25, 0.3) is 0 Å². The molecule has 0 radical (unpaired) electrons. The van der Waals surface area contributed by atoms with Crippen LogP contribution >= 0.6 is 0 Å². The molecule has 1 aliphatic rings. The third kappa shape index (κ3) is 3.91. The van der Waals surface area contributed by atoms with Crippen molar-refractivity contribution in [1.29, 1.82) is 0 Å². The Kier molecular flexibility index (Phi) is 5.50. The maximum absolute atomic E-state index is 12.5. The summed E-state index contributed by atoms with van der Waals surface area (Å²) >= 11 is 0. The summed E-state index contributed by atoms with van der Waals surface area (Å²) in [6, 6.07) is 2.97. The SMILES string of the molecule is CCCN1CCN(C(=O)c2ccc(=O)n(CCC)n2)CC1. The van der Waals surface area contributed by atoms with E-state index in [1.807, 2.05) is 11.8 Å². The molecule has 0 spiro atoms. The van der Waals surface area contributed by atoms with Gasteiger partial charge in [0.15, 0.2) is 0 Å². The highest BCUT2D eigenvalue weighted by atomic mass is 16.2. The van der Waals surface area contributed by atoms with Gasteiger partial charge in [0.25, 0.3) is 11.5 Å². The molecule has 0 bridgehead atoms. The van der Waals surface area contributed by atoms with Crippen molar-refractivity contribution in [3.05, 3.63) is 28.2 Å². The molecule has 116 valence electrons. The molecule has 0 aliphatic carbocycles. The number of hydrogen-bond acceptors (Lipinski definition) is 4. The van der Waals surface area contributed by atoms with Crippen molar-refractivity contribution in [2.45, 2.75) is 33.2 Å². The number of carbonyl (C=O) groups is 1. The highest BCUT2D eigenvalue weighted by Gasteiger charge is 2.22. The van der Waals surface area contributed by atoms with Crippen molar-refractivity contribution < 1.29 is 4.79 Å². The Morgan fingerprint density at radius 1 is 1.10 bits per heavy atom. The summed E-state index contributed by atoms with van der Waals surface area (Å²) in [4.78, 5) is 28.3. The van der Waals surface area contributed by atoms with E-state index in [9.17, 15) is 9.59 Å². The summed E-state index contributed by atoms with van der Waals surface area (Å²) in [6.45, 7) is 9.06. The van der Waals surface area contributed by atoms with Crippen LogP contribution in [-0.2, 0) is 6.54 Å². The van der Waals surface area contributed by atoms with Gasteiger partial charge in [-0.15, -0.1) is 0 Å². The standard InChI is InChI=1S/C15H24N4O2/c1-3-7-17-9-11-18(12-10-17)15(21)13-5-6-14(20)19(16-13)8-4-2/h5-6H,3-4,7-12H2,1-2H3. The molecule has 1 aromatic heterocycles. The third-order valence-electron chi connectivity index (χ3n) is 3.72. The van der Waals surface area contributed by atoms with Crippen LogP contribution in [0.1, 0.15) is 37.2 Å². The summed E-state index contributed by atoms with van der Waals surface area (Å²) in [6.07, 6.45) is 1.96. The first-order valence-corrected chi connectivity index (χ1v) is 7.75. The van der Waals surface area contributed by atoms with E-state index in [1.54, 1.807) is 0 Å². The minimum absolute atomic E-state index is 0.0731. The van der Waals surface area contributed by atoms with Crippen molar-refractivity contribution >= 4 is 5.91 Å². The molecule has 2 heterocycles. The van der Waals surface area contributed by atoms with Crippen molar-refractivity contribution in [3.8, 4) is 0 Å². The Bertz CT molecular complexity index is 533. The van der Waals surface area contributed by atoms with Gasteiger partial charge < -0.3 is 4.90 Å². The minimum atomic E-state index is -0.152. The van der Waals surface area contributed by atoms with Crippen LogP contribution in [-0.4, -0.2) is 58.2 Å². The number of hydrogen-bond donors (Lipinski definition) is 0. The maximum atomic E-state index is 12.5. The van der Waals surface area contributed by atoms with Crippen molar-refractivity contribution in [2.24, 2.45) is 0 Å². The van der Waals surface area contributed by atoms with Gasteiger partial charge in [0.2, 0.25) is 0 Å². The Hall–Kier alpha value is -1.69. The highest BCUT2D eigenvalue weighted by molar-refractivity contribution is 5.92. The zero-order valence-electron chi connectivity index (χ0n) is 12.9. The first-order valence-electron chi connectivity index (χ1n) is 7.75. The van der Waals surface area contributed by atoms with Crippen molar-refractivity contribution in [3.63, 3.8) is 0 Å². The number of aryl methyl sites for hydroxylation is 1. The fourth-order valence-electron chi connectivity index (χ4n) is 2.59. The molecular weight excluding hydrogens is 268 g/mol. The number of nitrogens with zero attached hydrogens (tertiary/aromatic N) is 4. The molecule has 0 N–H and O–H groups in total. The topological polar surface area (TPSA) is 58.4 Å². The van der Waals surface area contributed by atoms with Crippen molar-refractivity contribution in [2.75, 3.05) is 32.7 Å². The average molecular weight is 292 g/mol. The van der Waals surface area contributed by atoms with Gasteiger partial charge in [-0.2, -0.15) is 5.10 Å². The van der Waals surface area contributed by atoms with Crippen LogP contribution < -0.4 is 5.56 Å². The number of piperazine rings is 1. The molecule has 0 saturated carbocycles. The number of aromatic nitrogens is 2. The Balaban J connectivity index is 2.04. The van der Waals surface area contributed by atoms with Gasteiger partial charge in [-0.05, 0) is 25.5 Å². The van der Waals surface area contributed by atoms with E-state index in [2.05, 4.69) is 16.9 Å². The fraction of sp³-hybridized carbons (Fsp3) is 0.667. The smallest absolute Gasteiger partial charge is 0.274 e. The quantitative estimate of drug-likeness (QED) is 0.806. The zero-order chi connectivity index (χ0) is 15.2. The Labute approximate surface area is 125 Å². The second-order valence-electron chi connectivity index (χ2n) is 5.41. The normalized spacial score (nSPS) is 16.2. The monoisotopic (exact) mass is 292 g/mol. The minimum Gasteiger partial charge on any atom is -0.335 e. The van der Waals surface area contributed by atoms with E-state index in [0.717, 1.165) is 45.6 Å². The molecule has 1 aliphatic heterocycles. The van der Waals surface area contributed by atoms with Crippen LogP contribution in [0.15, 0.2) is 16.9 Å². The lowest BCUT2D eigenvalue weighted by atomic mass is 10.2. The van der Waals surface area contributed by atoms with E-state index in [1.165, 1.54) is 16.8 Å². The van der Waals surface area contributed by atoms with Gasteiger partial charge in [0.05, 0.1) is 0 Å². The Morgan fingerprint density at radius 2 is 1.76 bits per heavy atom. The molecule has 1 fully saturated rings. The summed E-state index contributed by atoms with van der Waals surface area (Å²) in [5.41, 5.74) is 0.216. The second-order valence-corrected chi connectivity index (χ2v) is 5.41. The summed E-state index contributed by atoms with van der Waals surface area (Å²) < 4.78 is 1.38. The summed E-state index contributed by atoms with van der Waals surface area (Å²) in [5.74, 6) is -0.0731. The highest BCUT2D eigenvalue weighted by Crippen LogP contribution is 2.06. The predicted molar refractivity (Wildman–Crippen MR) is 81.4 cm³/mol. The first kappa shape index (κ1) is 15.7. The lowest BCUT2D eigenvalue weighted by molar-refractivity contribution is 0.0629. The lowest BCUT2D eigenvalue weighted by Crippen LogP contribution is -2.49. The number of rotatable bonds is 5. The van der Waals surface area contributed by atoms with Crippen LogP contribution in [0.5, 0.6) is 0 Å². The zero-order valence-corrected chi connectivity index (χ0v) is 12.9. The molecule has 0 atom stereocenters. The van der Waals surface area contributed by atoms with Gasteiger partial charge in [0.1, 0.15) is 5.69 Å². The molecular formula is C15H24N4O2. The van der Waals surface area contributed by atoms with Gasteiger partial charge in [0, 0.05) is 38.8 Å². The van der Waals surface area contributed by atoms with Crippen LogP contribution in [0.4, 0.5) is 0 Å². The molecule has 1 amide bonds. The summed E-state index contributed by atoms with van der Waals surface area (Å²) in [5, 5.41) is 4.19. The van der Waals surface area contributed by atoms with E-state index < -0.39 is 0 Å². The van der Waals surface area contributed by atoms with Gasteiger partial charge in [-0.3, -0.25) is 14.5 Å². The van der Waals surface area contributed by atoms with Crippen LogP contribution in [0.3, 0.4) is 0 Å². The predicted octanol–water partition coefficient (Wildman–Crippen LogP) is 0.821. The van der Waals surface area contributed by atoms with Crippen LogP contribution in [0, 0.1) is 0 Å².